The van der Waals surface area contributed by atoms with E-state index in [2.05, 4.69) is 4.98 Å². The maximum Gasteiger partial charge on any atom is 0.421 e. The van der Waals surface area contributed by atoms with Gasteiger partial charge in [0.25, 0.3) is 0 Å². The Labute approximate surface area is 107 Å². The monoisotopic (exact) mass is 268 g/mol. The van der Waals surface area contributed by atoms with Crippen LogP contribution in [0.4, 0.5) is 13.2 Å². The predicted molar refractivity (Wildman–Crippen MR) is 63.6 cm³/mol. The Hall–Kier alpha value is -2.08. The summed E-state index contributed by atoms with van der Waals surface area (Å²) in [6.07, 6.45) is -3.25. The zero-order valence-electron chi connectivity index (χ0n) is 9.82. The van der Waals surface area contributed by atoms with Crippen LogP contribution in [0.5, 0.6) is 11.6 Å². The second kappa shape index (κ2) is 5.27. The molecule has 19 heavy (non-hydrogen) atoms. The molecule has 0 amide bonds. The van der Waals surface area contributed by atoms with Gasteiger partial charge >= 0.3 is 6.18 Å². The third-order valence-electron chi connectivity index (χ3n) is 2.45. The molecule has 0 aliphatic rings. The average Bonchev–Trinajstić information content (AvgIpc) is 2.39. The summed E-state index contributed by atoms with van der Waals surface area (Å²) >= 11 is 0. The Morgan fingerprint density at radius 3 is 2.37 bits per heavy atom. The number of nitrogens with zero attached hydrogens (tertiary/aromatic N) is 1. The molecule has 2 N–H and O–H groups in total. The summed E-state index contributed by atoms with van der Waals surface area (Å²) in [5.41, 5.74) is 5.39. The van der Waals surface area contributed by atoms with Crippen LogP contribution in [0.25, 0.3) is 0 Å². The third-order valence-corrected chi connectivity index (χ3v) is 2.45. The van der Waals surface area contributed by atoms with Gasteiger partial charge < -0.3 is 10.5 Å². The highest BCUT2D eigenvalue weighted by atomic mass is 19.4. The first-order valence-electron chi connectivity index (χ1n) is 5.50. The van der Waals surface area contributed by atoms with Crippen LogP contribution in [-0.4, -0.2) is 4.98 Å². The van der Waals surface area contributed by atoms with E-state index in [1.807, 2.05) is 0 Å². The lowest BCUT2D eigenvalue weighted by atomic mass is 10.2. The summed E-state index contributed by atoms with van der Waals surface area (Å²) in [7, 11) is 0. The quantitative estimate of drug-likeness (QED) is 0.928. The molecule has 0 aliphatic heterocycles. The lowest BCUT2D eigenvalue weighted by molar-refractivity contribution is -0.138. The van der Waals surface area contributed by atoms with Crippen LogP contribution in [0.2, 0.25) is 0 Å². The smallest absolute Gasteiger partial charge is 0.421 e. The van der Waals surface area contributed by atoms with Gasteiger partial charge in [0.15, 0.2) is 0 Å². The van der Waals surface area contributed by atoms with Gasteiger partial charge in [-0.05, 0) is 29.8 Å². The van der Waals surface area contributed by atoms with Crippen molar-refractivity contribution in [1.29, 1.82) is 0 Å². The van der Waals surface area contributed by atoms with Crippen molar-refractivity contribution in [3.8, 4) is 11.6 Å². The van der Waals surface area contributed by atoms with Crippen molar-refractivity contribution in [1.82, 2.24) is 4.98 Å². The van der Waals surface area contributed by atoms with Crippen LogP contribution in [0.1, 0.15) is 11.1 Å². The van der Waals surface area contributed by atoms with E-state index in [-0.39, 0.29) is 5.75 Å². The molecule has 1 heterocycles. The number of alkyl halides is 3. The molecule has 0 fully saturated rings. The number of hydrogen-bond acceptors (Lipinski definition) is 3. The minimum absolute atomic E-state index is 0.279. The molecule has 2 aromatic rings. The van der Waals surface area contributed by atoms with E-state index in [4.69, 9.17) is 10.5 Å². The zero-order chi connectivity index (χ0) is 13.9. The maximum atomic E-state index is 12.7. The Morgan fingerprint density at radius 2 is 1.79 bits per heavy atom. The van der Waals surface area contributed by atoms with Crippen molar-refractivity contribution in [2.24, 2.45) is 5.73 Å². The number of rotatable bonds is 3. The molecule has 0 radical (unpaired) electrons. The molecule has 0 unspecified atom stereocenters. The molecular weight excluding hydrogens is 257 g/mol. The van der Waals surface area contributed by atoms with Gasteiger partial charge in [-0.25, -0.2) is 4.98 Å². The minimum atomic E-state index is -4.50. The van der Waals surface area contributed by atoms with E-state index < -0.39 is 17.6 Å². The molecule has 2 rings (SSSR count). The SMILES string of the molecule is NCc1ccc(Oc2ncccc2C(F)(F)F)cc1. The van der Waals surface area contributed by atoms with E-state index in [0.29, 0.717) is 6.54 Å². The van der Waals surface area contributed by atoms with Gasteiger partial charge in [0.1, 0.15) is 11.3 Å². The van der Waals surface area contributed by atoms with E-state index in [9.17, 15) is 13.2 Å². The van der Waals surface area contributed by atoms with E-state index in [0.717, 1.165) is 11.6 Å². The van der Waals surface area contributed by atoms with Crippen molar-refractivity contribution < 1.29 is 17.9 Å². The predicted octanol–water partition coefficient (Wildman–Crippen LogP) is 3.35. The van der Waals surface area contributed by atoms with Crippen molar-refractivity contribution in [2.45, 2.75) is 12.7 Å². The molecule has 100 valence electrons. The largest absolute Gasteiger partial charge is 0.438 e. The lowest BCUT2D eigenvalue weighted by Crippen LogP contribution is -2.08. The number of pyridine rings is 1. The first-order chi connectivity index (χ1) is 9.00. The van der Waals surface area contributed by atoms with Gasteiger partial charge in [-0.1, -0.05) is 12.1 Å². The summed E-state index contributed by atoms with van der Waals surface area (Å²) in [6.45, 7) is 0.359. The van der Waals surface area contributed by atoms with Gasteiger partial charge in [0, 0.05) is 12.7 Å². The number of ether oxygens (including phenoxy) is 1. The maximum absolute atomic E-state index is 12.7. The van der Waals surface area contributed by atoms with Crippen molar-refractivity contribution >= 4 is 0 Å². The van der Waals surface area contributed by atoms with Gasteiger partial charge in [-0.15, -0.1) is 0 Å². The Morgan fingerprint density at radius 1 is 1.11 bits per heavy atom. The van der Waals surface area contributed by atoms with Crippen LogP contribution in [0, 0.1) is 0 Å². The molecule has 6 heteroatoms. The molecule has 0 saturated carbocycles. The topological polar surface area (TPSA) is 48.1 Å². The number of nitrogens with two attached hydrogens (primary N) is 1. The van der Waals surface area contributed by atoms with Crippen molar-refractivity contribution in [3.05, 3.63) is 53.7 Å². The third kappa shape index (κ3) is 3.23. The van der Waals surface area contributed by atoms with Crippen LogP contribution >= 0.6 is 0 Å². The fourth-order valence-corrected chi connectivity index (χ4v) is 1.49. The number of halogens is 3. The molecule has 0 aliphatic carbocycles. The van der Waals surface area contributed by atoms with Gasteiger partial charge in [0.2, 0.25) is 5.88 Å². The van der Waals surface area contributed by atoms with Crippen LogP contribution < -0.4 is 10.5 Å². The Balaban J connectivity index is 2.28. The summed E-state index contributed by atoms with van der Waals surface area (Å²) in [4.78, 5) is 3.62. The second-order valence-corrected chi connectivity index (χ2v) is 3.80. The molecule has 0 saturated heterocycles. The Bertz CT molecular complexity index is 553. The van der Waals surface area contributed by atoms with Crippen LogP contribution in [-0.2, 0) is 12.7 Å². The summed E-state index contributed by atoms with van der Waals surface area (Å²) in [5.74, 6) is -0.183. The van der Waals surface area contributed by atoms with Gasteiger partial charge in [-0.3, -0.25) is 0 Å². The molecule has 1 aromatic carbocycles. The highest BCUT2D eigenvalue weighted by Gasteiger charge is 2.35. The fourth-order valence-electron chi connectivity index (χ4n) is 1.49. The standard InChI is InChI=1S/C13H11F3N2O/c14-13(15,16)11-2-1-7-18-12(11)19-10-5-3-9(8-17)4-6-10/h1-7H,8,17H2. The molecule has 0 bridgehead atoms. The number of hydrogen-bond donors (Lipinski definition) is 1. The van der Waals surface area contributed by atoms with Gasteiger partial charge in [0.05, 0.1) is 0 Å². The second-order valence-electron chi connectivity index (χ2n) is 3.80. The number of benzene rings is 1. The average molecular weight is 268 g/mol. The van der Waals surface area contributed by atoms with Gasteiger partial charge in [-0.2, -0.15) is 13.2 Å². The van der Waals surface area contributed by atoms with Crippen LogP contribution in [0.3, 0.4) is 0 Å². The molecular formula is C13H11F3N2O. The molecule has 0 atom stereocenters. The first-order valence-corrected chi connectivity index (χ1v) is 5.50. The summed E-state index contributed by atoms with van der Waals surface area (Å²) in [6, 6.07) is 8.62. The van der Waals surface area contributed by atoms with E-state index in [1.165, 1.54) is 12.3 Å². The van der Waals surface area contributed by atoms with Crippen molar-refractivity contribution in [2.75, 3.05) is 0 Å². The normalized spacial score (nSPS) is 11.4. The molecule has 0 spiro atoms. The Kier molecular flexibility index (Phi) is 3.71. The first kappa shape index (κ1) is 13.4. The summed E-state index contributed by atoms with van der Waals surface area (Å²) < 4.78 is 43.4. The highest BCUT2D eigenvalue weighted by Crippen LogP contribution is 2.36. The summed E-state index contributed by atoms with van der Waals surface area (Å²) in [5, 5.41) is 0. The van der Waals surface area contributed by atoms with Crippen molar-refractivity contribution in [3.63, 3.8) is 0 Å². The highest BCUT2D eigenvalue weighted by molar-refractivity contribution is 5.35. The van der Waals surface area contributed by atoms with Crippen LogP contribution in [0.15, 0.2) is 42.6 Å². The zero-order valence-corrected chi connectivity index (χ0v) is 9.82. The molecule has 1 aromatic heterocycles. The minimum Gasteiger partial charge on any atom is -0.438 e. The fraction of sp³-hybridized carbons (Fsp3) is 0.154. The lowest BCUT2D eigenvalue weighted by Gasteiger charge is -2.12. The molecule has 3 nitrogen and oxygen atoms in total. The van der Waals surface area contributed by atoms with E-state index >= 15 is 0 Å². The van der Waals surface area contributed by atoms with E-state index in [1.54, 1.807) is 24.3 Å². The number of aromatic nitrogens is 1.